The molecule has 2 aliphatic rings. The SMILES string of the molecule is COc1ccc(S(=O)(=O)N2C(=O)C(c3cc(CN(C)C)ccc3OC)(N3CCCC3c3ncco3)c3ccc(Cl)cc32)cc1. The molecule has 0 N–H and O–H groups in total. The topological polar surface area (TPSA) is 105 Å². The van der Waals surface area contributed by atoms with E-state index in [4.69, 9.17) is 25.5 Å². The number of methoxy groups -OCH3 is 2. The number of halogens is 1. The smallest absolute Gasteiger partial charge is 0.271 e. The Morgan fingerprint density at radius 1 is 1.05 bits per heavy atom. The average Bonchev–Trinajstić information content (AvgIpc) is 3.75. The summed E-state index contributed by atoms with van der Waals surface area (Å²) in [4.78, 5) is 23.8. The van der Waals surface area contributed by atoms with Crippen LogP contribution >= 0.6 is 11.6 Å². The van der Waals surface area contributed by atoms with Gasteiger partial charge in [0.25, 0.3) is 15.9 Å². The molecule has 0 radical (unpaired) electrons. The van der Waals surface area contributed by atoms with Crippen LogP contribution in [0.3, 0.4) is 0 Å². The minimum absolute atomic E-state index is 0.0626. The van der Waals surface area contributed by atoms with E-state index in [1.807, 2.05) is 42.1 Å². The second-order valence-electron chi connectivity index (χ2n) is 11.1. The van der Waals surface area contributed by atoms with Crippen molar-refractivity contribution >= 4 is 33.2 Å². The van der Waals surface area contributed by atoms with Crippen molar-refractivity contribution in [2.75, 3.05) is 39.2 Å². The third kappa shape index (κ3) is 4.75. The average molecular weight is 637 g/mol. The molecule has 1 saturated heterocycles. The third-order valence-corrected chi connectivity index (χ3v) is 10.2. The summed E-state index contributed by atoms with van der Waals surface area (Å²) in [7, 11) is 2.54. The van der Waals surface area contributed by atoms with Crippen molar-refractivity contribution in [3.63, 3.8) is 0 Å². The van der Waals surface area contributed by atoms with E-state index in [-0.39, 0.29) is 10.6 Å². The van der Waals surface area contributed by atoms with Gasteiger partial charge in [-0.3, -0.25) is 9.69 Å². The molecule has 1 aromatic heterocycles. The summed E-state index contributed by atoms with van der Waals surface area (Å²) < 4.78 is 46.7. The molecule has 44 heavy (non-hydrogen) atoms. The van der Waals surface area contributed by atoms with E-state index in [0.717, 1.165) is 16.3 Å². The number of aromatic nitrogens is 1. The van der Waals surface area contributed by atoms with Crippen molar-refractivity contribution in [1.82, 2.24) is 14.8 Å². The minimum atomic E-state index is -4.42. The molecule has 0 aliphatic carbocycles. The van der Waals surface area contributed by atoms with Gasteiger partial charge in [0.2, 0.25) is 5.89 Å². The van der Waals surface area contributed by atoms with Gasteiger partial charge in [-0.25, -0.2) is 17.7 Å². The third-order valence-electron chi connectivity index (χ3n) is 8.23. The maximum Gasteiger partial charge on any atom is 0.271 e. The van der Waals surface area contributed by atoms with Crippen LogP contribution in [0.4, 0.5) is 5.69 Å². The first-order chi connectivity index (χ1) is 21.1. The van der Waals surface area contributed by atoms with Crippen molar-refractivity contribution in [3.05, 3.63) is 101 Å². The number of likely N-dealkylation sites (tertiary alicyclic amines) is 1. The number of oxazole rings is 1. The fourth-order valence-corrected chi connectivity index (χ4v) is 8.08. The highest BCUT2D eigenvalue weighted by atomic mass is 35.5. The molecular formula is C32H33ClN4O6S. The van der Waals surface area contributed by atoms with Crippen LogP contribution in [0.5, 0.6) is 11.5 Å². The second kappa shape index (κ2) is 11.6. The Morgan fingerprint density at radius 2 is 1.82 bits per heavy atom. The lowest BCUT2D eigenvalue weighted by Gasteiger charge is -2.41. The number of sulfonamides is 1. The summed E-state index contributed by atoms with van der Waals surface area (Å²) in [5.74, 6) is 0.723. The van der Waals surface area contributed by atoms with E-state index >= 15 is 4.79 Å². The normalized spacial score (nSPS) is 20.4. The van der Waals surface area contributed by atoms with Crippen LogP contribution in [0.25, 0.3) is 0 Å². The minimum Gasteiger partial charge on any atom is -0.497 e. The highest BCUT2D eigenvalue weighted by Gasteiger charge is 2.62. The number of ether oxygens (including phenoxy) is 2. The fraction of sp³-hybridized carbons (Fsp3) is 0.312. The zero-order valence-electron chi connectivity index (χ0n) is 24.9. The maximum atomic E-state index is 15.4. The van der Waals surface area contributed by atoms with Gasteiger partial charge in [-0.1, -0.05) is 23.7 Å². The fourth-order valence-electron chi connectivity index (χ4n) is 6.46. The Bertz CT molecular complexity index is 1800. The van der Waals surface area contributed by atoms with E-state index in [2.05, 4.69) is 4.98 Å². The lowest BCUT2D eigenvalue weighted by Crippen LogP contribution is -2.54. The first-order valence-corrected chi connectivity index (χ1v) is 16.0. The molecule has 1 fully saturated rings. The summed E-state index contributed by atoms with van der Waals surface area (Å²) >= 11 is 6.50. The Labute approximate surface area is 261 Å². The van der Waals surface area contributed by atoms with E-state index in [1.165, 1.54) is 31.6 Å². The number of rotatable bonds is 9. The molecule has 4 aromatic rings. The highest BCUT2D eigenvalue weighted by Crippen LogP contribution is 2.56. The van der Waals surface area contributed by atoms with Gasteiger partial charge >= 0.3 is 0 Å². The standard InChI is InChI=1S/C32H33ClN4O6S/c1-35(2)20-21-7-14-29(42-4)26(18-21)32(36-16-5-6-27(36)30-34-15-17-43-30)25-13-8-22(33)19-28(25)37(31(32)38)44(39,40)24-11-9-23(41-3)10-12-24/h7-15,17-19,27H,5-6,16,20H2,1-4H3. The number of hydrogen-bond donors (Lipinski definition) is 0. The van der Waals surface area contributed by atoms with Crippen LogP contribution < -0.4 is 13.8 Å². The van der Waals surface area contributed by atoms with E-state index in [9.17, 15) is 8.42 Å². The Hall–Kier alpha value is -3.90. The van der Waals surface area contributed by atoms with Crippen molar-refractivity contribution in [1.29, 1.82) is 0 Å². The van der Waals surface area contributed by atoms with Crippen molar-refractivity contribution in [2.24, 2.45) is 0 Å². The number of amides is 1. The van der Waals surface area contributed by atoms with Gasteiger partial charge in [0.15, 0.2) is 5.54 Å². The molecule has 12 heteroatoms. The van der Waals surface area contributed by atoms with Crippen LogP contribution in [-0.2, 0) is 26.9 Å². The molecule has 0 bridgehead atoms. The van der Waals surface area contributed by atoms with E-state index < -0.39 is 27.5 Å². The van der Waals surface area contributed by atoms with Gasteiger partial charge in [-0.15, -0.1) is 0 Å². The number of benzene rings is 3. The predicted molar refractivity (Wildman–Crippen MR) is 165 cm³/mol. The van der Waals surface area contributed by atoms with Crippen LogP contribution in [0.1, 0.15) is 41.5 Å². The number of hydrogen-bond acceptors (Lipinski definition) is 9. The molecule has 0 spiro atoms. The van der Waals surface area contributed by atoms with Crippen LogP contribution in [0.2, 0.25) is 5.02 Å². The highest BCUT2D eigenvalue weighted by molar-refractivity contribution is 7.93. The number of carbonyl (C=O) groups is 1. The molecule has 10 nitrogen and oxygen atoms in total. The van der Waals surface area contributed by atoms with E-state index in [0.29, 0.717) is 53.0 Å². The van der Waals surface area contributed by atoms with Gasteiger partial charge in [-0.2, -0.15) is 0 Å². The van der Waals surface area contributed by atoms with Crippen LogP contribution in [0.15, 0.2) is 82.4 Å². The zero-order valence-corrected chi connectivity index (χ0v) is 26.4. The molecule has 2 atom stereocenters. The Morgan fingerprint density at radius 3 is 2.48 bits per heavy atom. The summed E-state index contributed by atoms with van der Waals surface area (Å²) in [5.41, 5.74) is 0.484. The van der Waals surface area contributed by atoms with Gasteiger partial charge in [0, 0.05) is 29.2 Å². The summed E-state index contributed by atoms with van der Waals surface area (Å²) in [5, 5.41) is 0.293. The largest absolute Gasteiger partial charge is 0.497 e. The Balaban J connectivity index is 1.67. The van der Waals surface area contributed by atoms with Crippen molar-refractivity contribution < 1.29 is 27.1 Å². The molecular weight excluding hydrogens is 604 g/mol. The maximum absolute atomic E-state index is 15.4. The number of fused-ring (bicyclic) bond motifs is 1. The van der Waals surface area contributed by atoms with Gasteiger partial charge in [0.05, 0.1) is 37.0 Å². The predicted octanol–water partition coefficient (Wildman–Crippen LogP) is 5.22. The van der Waals surface area contributed by atoms with Crippen molar-refractivity contribution in [3.8, 4) is 11.5 Å². The second-order valence-corrected chi connectivity index (χ2v) is 13.3. The number of carbonyl (C=O) groups excluding carboxylic acids is 1. The quantitative estimate of drug-likeness (QED) is 0.244. The van der Waals surface area contributed by atoms with Gasteiger partial charge < -0.3 is 18.8 Å². The molecule has 3 heterocycles. The molecule has 2 aliphatic heterocycles. The van der Waals surface area contributed by atoms with Crippen molar-refractivity contribution in [2.45, 2.75) is 35.9 Å². The zero-order chi connectivity index (χ0) is 31.2. The molecule has 3 aromatic carbocycles. The monoisotopic (exact) mass is 636 g/mol. The molecule has 0 saturated carbocycles. The first kappa shape index (κ1) is 30.1. The molecule has 1 amide bonds. The summed E-state index contributed by atoms with van der Waals surface area (Å²) in [6, 6.07) is 16.2. The first-order valence-electron chi connectivity index (χ1n) is 14.1. The van der Waals surface area contributed by atoms with Crippen LogP contribution in [-0.4, -0.2) is 64.0 Å². The van der Waals surface area contributed by atoms with Gasteiger partial charge in [0.1, 0.15) is 17.8 Å². The Kier molecular flexibility index (Phi) is 7.91. The molecule has 6 rings (SSSR count). The number of nitrogens with zero attached hydrogens (tertiary/aromatic N) is 4. The summed E-state index contributed by atoms with van der Waals surface area (Å²) in [6.45, 7) is 1.06. The van der Waals surface area contributed by atoms with Crippen LogP contribution in [0, 0.1) is 0 Å². The van der Waals surface area contributed by atoms with Gasteiger partial charge in [-0.05, 0) is 81.0 Å². The summed E-state index contributed by atoms with van der Waals surface area (Å²) in [6.07, 6.45) is 4.46. The molecule has 230 valence electrons. The van der Waals surface area contributed by atoms with E-state index in [1.54, 1.807) is 37.6 Å². The number of anilines is 1. The lowest BCUT2D eigenvalue weighted by molar-refractivity contribution is -0.127. The lowest BCUT2D eigenvalue weighted by atomic mass is 9.80. The molecule has 2 unspecified atom stereocenters.